The van der Waals surface area contributed by atoms with Crippen molar-refractivity contribution in [3.05, 3.63) is 40.3 Å². The highest BCUT2D eigenvalue weighted by Gasteiger charge is 2.38. The summed E-state index contributed by atoms with van der Waals surface area (Å²) in [6, 6.07) is 6.39. The molecular weight excluding hydrogens is 348 g/mol. The molecule has 0 radical (unpaired) electrons. The number of carboxylic acids is 1. The summed E-state index contributed by atoms with van der Waals surface area (Å²) in [6.45, 7) is 3.76. The van der Waals surface area contributed by atoms with Crippen molar-refractivity contribution in [1.29, 1.82) is 0 Å². The molecule has 2 aromatic rings. The molecule has 1 saturated carbocycles. The number of hydrogen-bond acceptors (Lipinski definition) is 5. The first kappa shape index (κ1) is 17.3. The molecule has 0 saturated heterocycles. The third-order valence-corrected chi connectivity index (χ3v) is 5.56. The monoisotopic (exact) mass is 368 g/mol. The number of phenols is 3. The molecule has 6 nitrogen and oxygen atoms in total. The van der Waals surface area contributed by atoms with Crippen LogP contribution in [0.4, 0.5) is 0 Å². The molecule has 27 heavy (non-hydrogen) atoms. The van der Waals surface area contributed by atoms with Crippen LogP contribution in [0.15, 0.2) is 24.3 Å². The number of carboxylic acid groups (broad SMARTS) is 1. The molecule has 2 aliphatic rings. The third kappa shape index (κ3) is 2.60. The first-order valence-corrected chi connectivity index (χ1v) is 8.91. The van der Waals surface area contributed by atoms with Crippen LogP contribution >= 0.6 is 0 Å². The Hall–Kier alpha value is -3.15. The number of carbonyl (C=O) groups is 1. The van der Waals surface area contributed by atoms with Gasteiger partial charge in [0.25, 0.3) is 0 Å². The average Bonchev–Trinajstić information content (AvgIpc) is 2.66. The van der Waals surface area contributed by atoms with Crippen LogP contribution in [0.3, 0.4) is 0 Å². The van der Waals surface area contributed by atoms with Crippen molar-refractivity contribution < 1.29 is 30.0 Å². The molecule has 6 heteroatoms. The van der Waals surface area contributed by atoms with E-state index in [2.05, 4.69) is 6.58 Å². The molecule has 4 rings (SSSR count). The number of phenolic OH excluding ortho intramolecular Hbond substituents is 3. The predicted octanol–water partition coefficient (Wildman–Crippen LogP) is 2.41. The van der Waals surface area contributed by atoms with Gasteiger partial charge in [-0.1, -0.05) is 31.6 Å². The highest BCUT2D eigenvalue weighted by atomic mass is 16.5. The Labute approximate surface area is 155 Å². The number of rotatable bonds is 2. The Morgan fingerprint density at radius 2 is 1.74 bits per heavy atom. The lowest BCUT2D eigenvalue weighted by Crippen LogP contribution is -2.32. The minimum absolute atomic E-state index is 0.0214. The van der Waals surface area contributed by atoms with Crippen molar-refractivity contribution in [1.82, 2.24) is 0 Å². The molecule has 1 aliphatic carbocycles. The summed E-state index contributed by atoms with van der Waals surface area (Å²) in [6.07, 6.45) is 2.99. The minimum atomic E-state index is -0.859. The second-order valence-corrected chi connectivity index (χ2v) is 7.11. The van der Waals surface area contributed by atoms with Gasteiger partial charge in [-0.15, -0.1) is 0 Å². The normalized spacial score (nSPS) is 21.1. The Bertz CT molecular complexity index is 1060. The summed E-state index contributed by atoms with van der Waals surface area (Å²) < 4.78 is 5.75. The van der Waals surface area contributed by atoms with Gasteiger partial charge in [0, 0.05) is 16.0 Å². The van der Waals surface area contributed by atoms with Gasteiger partial charge >= 0.3 is 5.97 Å². The van der Waals surface area contributed by atoms with E-state index in [0.717, 1.165) is 12.8 Å². The number of aromatic hydroxyl groups is 3. The van der Waals surface area contributed by atoms with Gasteiger partial charge in [0.1, 0.15) is 0 Å². The fourth-order valence-electron chi connectivity index (χ4n) is 4.22. The first-order chi connectivity index (χ1) is 12.9. The molecule has 1 heterocycles. The Kier molecular flexibility index (Phi) is 3.98. The molecule has 0 amide bonds. The topological polar surface area (TPSA) is 107 Å². The fraction of sp³-hybridized carbons (Fsp3) is 0.286. The second-order valence-electron chi connectivity index (χ2n) is 7.11. The smallest absolute Gasteiger partial charge is 0.307 e. The van der Waals surface area contributed by atoms with Gasteiger partial charge in [-0.25, -0.2) is 0 Å². The van der Waals surface area contributed by atoms with Crippen LogP contribution in [0, 0.1) is 11.8 Å². The van der Waals surface area contributed by atoms with Gasteiger partial charge in [-0.3, -0.25) is 4.79 Å². The molecular formula is C21H20O6. The summed E-state index contributed by atoms with van der Waals surface area (Å²) in [5.41, 5.74) is 1.25. The van der Waals surface area contributed by atoms with Crippen molar-refractivity contribution in [2.24, 2.45) is 11.8 Å². The van der Waals surface area contributed by atoms with Crippen LogP contribution in [0.1, 0.15) is 31.2 Å². The van der Waals surface area contributed by atoms with Crippen molar-refractivity contribution in [3.8, 4) is 28.7 Å². The lowest BCUT2D eigenvalue weighted by atomic mass is 9.72. The van der Waals surface area contributed by atoms with Gasteiger partial charge < -0.3 is 25.2 Å². The number of ether oxygens (including phenoxy) is 1. The van der Waals surface area contributed by atoms with Crippen molar-refractivity contribution in [2.45, 2.75) is 25.7 Å². The second kappa shape index (κ2) is 6.23. The zero-order valence-electron chi connectivity index (χ0n) is 14.6. The maximum absolute atomic E-state index is 11.9. The van der Waals surface area contributed by atoms with Crippen molar-refractivity contribution in [3.63, 3.8) is 0 Å². The standard InChI is InChI=1S/C21H20O6/c1-10-6-7-13-16(11-4-2-3-5-12(11)21(25)26)14-8-9-15(22)18(24)20(14)27-19(13)17(10)23/h6-9,11-12,22-24H,1-5H2,(H,25,26)/t11?,12-/m0/s1. The lowest BCUT2D eigenvalue weighted by molar-refractivity contribution is -0.143. The van der Waals surface area contributed by atoms with Crippen LogP contribution in [-0.4, -0.2) is 26.4 Å². The summed E-state index contributed by atoms with van der Waals surface area (Å²) in [5.74, 6) is -2.52. The molecule has 2 aromatic carbocycles. The van der Waals surface area contributed by atoms with Gasteiger partial charge in [-0.05, 0) is 36.5 Å². The molecule has 1 aliphatic heterocycles. The lowest BCUT2D eigenvalue weighted by Gasteiger charge is -2.33. The molecule has 2 atom stereocenters. The zero-order chi connectivity index (χ0) is 19.3. The van der Waals surface area contributed by atoms with Crippen LogP contribution < -0.4 is 15.2 Å². The van der Waals surface area contributed by atoms with Crippen LogP contribution in [0.2, 0.25) is 0 Å². The van der Waals surface area contributed by atoms with E-state index in [4.69, 9.17) is 4.74 Å². The summed E-state index contributed by atoms with van der Waals surface area (Å²) in [4.78, 5) is 11.9. The number of fused-ring (bicyclic) bond motifs is 2. The summed E-state index contributed by atoms with van der Waals surface area (Å²) in [5, 5.41) is 41.3. The Morgan fingerprint density at radius 1 is 1.00 bits per heavy atom. The first-order valence-electron chi connectivity index (χ1n) is 8.91. The molecule has 0 bridgehead atoms. The van der Waals surface area contributed by atoms with E-state index in [-0.39, 0.29) is 28.9 Å². The maximum atomic E-state index is 11.9. The largest absolute Gasteiger partial charge is 0.504 e. The van der Waals surface area contributed by atoms with E-state index in [1.807, 2.05) is 0 Å². The number of aliphatic carboxylic acids is 1. The van der Waals surface area contributed by atoms with E-state index in [9.17, 15) is 25.2 Å². The van der Waals surface area contributed by atoms with Gasteiger partial charge in [0.15, 0.2) is 23.0 Å². The van der Waals surface area contributed by atoms with E-state index < -0.39 is 17.6 Å². The van der Waals surface area contributed by atoms with Gasteiger partial charge in [0.05, 0.1) is 5.92 Å². The van der Waals surface area contributed by atoms with Gasteiger partial charge in [-0.2, -0.15) is 0 Å². The van der Waals surface area contributed by atoms with Gasteiger partial charge in [0.2, 0.25) is 5.75 Å². The van der Waals surface area contributed by atoms with Crippen LogP contribution in [-0.2, 0) is 4.79 Å². The fourth-order valence-corrected chi connectivity index (χ4v) is 4.22. The minimum Gasteiger partial charge on any atom is -0.504 e. The number of hydrogen-bond donors (Lipinski definition) is 4. The highest BCUT2D eigenvalue weighted by Crippen LogP contribution is 2.50. The zero-order valence-corrected chi connectivity index (χ0v) is 14.6. The SMILES string of the molecule is C=c1ccc2c(c1O)Oc1c(ccc(O)c1O)C=2C1CCCC[C@@H]1C(=O)O. The van der Waals surface area contributed by atoms with E-state index >= 15 is 0 Å². The summed E-state index contributed by atoms with van der Waals surface area (Å²) >= 11 is 0. The third-order valence-electron chi connectivity index (χ3n) is 5.56. The summed E-state index contributed by atoms with van der Waals surface area (Å²) in [7, 11) is 0. The van der Waals surface area contributed by atoms with E-state index in [1.54, 1.807) is 18.2 Å². The van der Waals surface area contributed by atoms with E-state index in [1.165, 1.54) is 6.07 Å². The highest BCUT2D eigenvalue weighted by molar-refractivity contribution is 5.83. The molecule has 1 unspecified atom stereocenters. The molecule has 0 spiro atoms. The molecule has 4 N–H and O–H groups in total. The van der Waals surface area contributed by atoms with Crippen molar-refractivity contribution >= 4 is 18.1 Å². The molecule has 1 fully saturated rings. The van der Waals surface area contributed by atoms with E-state index in [0.29, 0.717) is 34.4 Å². The van der Waals surface area contributed by atoms with Crippen LogP contribution in [0.25, 0.3) is 12.2 Å². The molecule has 140 valence electrons. The predicted molar refractivity (Wildman–Crippen MR) is 98.3 cm³/mol. The molecule has 0 aromatic heterocycles. The number of benzene rings is 2. The quantitative estimate of drug-likeness (QED) is 0.607. The Balaban J connectivity index is 2.07. The van der Waals surface area contributed by atoms with Crippen LogP contribution in [0.5, 0.6) is 28.7 Å². The maximum Gasteiger partial charge on any atom is 0.307 e. The Morgan fingerprint density at radius 3 is 2.48 bits per heavy atom. The van der Waals surface area contributed by atoms with Crippen molar-refractivity contribution in [2.75, 3.05) is 0 Å². The average molecular weight is 368 g/mol.